The molecule has 2 heterocycles. The van der Waals surface area contributed by atoms with E-state index in [4.69, 9.17) is 16.3 Å². The van der Waals surface area contributed by atoms with Crippen LogP contribution in [0.5, 0.6) is 0 Å². The normalized spacial score (nSPS) is 25.7. The summed E-state index contributed by atoms with van der Waals surface area (Å²) in [4.78, 5) is 4.08. The van der Waals surface area contributed by atoms with E-state index in [-0.39, 0.29) is 0 Å². The van der Waals surface area contributed by atoms with Crippen LogP contribution in [-0.4, -0.2) is 24.6 Å². The molecule has 2 aromatic rings. The first kappa shape index (κ1) is 15.5. The van der Waals surface area contributed by atoms with Gasteiger partial charge in [0.1, 0.15) is 30.0 Å². The maximum atomic E-state index is 14.4. The maximum Gasteiger partial charge on any atom is 0.142 e. The molecule has 0 unspecified atom stereocenters. The van der Waals surface area contributed by atoms with Crippen LogP contribution in [0.15, 0.2) is 47.5 Å². The molecule has 4 rings (SSSR count). The predicted molar refractivity (Wildman–Crippen MR) is 86.5 cm³/mol. The van der Waals surface area contributed by atoms with Crippen molar-refractivity contribution in [2.45, 2.75) is 11.7 Å². The van der Waals surface area contributed by atoms with E-state index >= 15 is 0 Å². The molecule has 0 saturated carbocycles. The van der Waals surface area contributed by atoms with Gasteiger partial charge in [0.2, 0.25) is 0 Å². The third kappa shape index (κ3) is 2.56. The number of ether oxygens (including phenoxy) is 1. The third-order valence-corrected chi connectivity index (χ3v) is 4.62. The average Bonchev–Trinajstić information content (AvgIpc) is 3.01. The Hall–Kier alpha value is -2.02. The van der Waals surface area contributed by atoms with Gasteiger partial charge in [0, 0.05) is 22.2 Å². The van der Waals surface area contributed by atoms with Crippen LogP contribution in [0, 0.1) is 11.6 Å². The number of rotatable bonds is 4. The minimum atomic E-state index is -0.941. The number of benzene rings is 2. The van der Waals surface area contributed by atoms with Crippen LogP contribution in [-0.2, 0) is 10.3 Å². The summed E-state index contributed by atoms with van der Waals surface area (Å²) in [6, 6.07) is 10.8. The molecular weight excluding hydrogens is 336 g/mol. The highest BCUT2D eigenvalue weighted by molar-refractivity contribution is 6.31. The SMILES string of the molecule is Fc1ccc([C@@]2(CN3CN=CN3)O[C@H]2c2ccccc2Cl)c(F)c1. The first-order valence-corrected chi connectivity index (χ1v) is 7.85. The first-order valence-electron chi connectivity index (χ1n) is 7.47. The third-order valence-electron chi connectivity index (χ3n) is 4.28. The Bertz CT molecular complexity index is 808. The monoisotopic (exact) mass is 349 g/mol. The van der Waals surface area contributed by atoms with E-state index in [1.807, 2.05) is 18.2 Å². The molecular formula is C17H14ClF2N3O. The Labute approximate surface area is 142 Å². The van der Waals surface area contributed by atoms with E-state index in [0.29, 0.717) is 23.8 Å². The summed E-state index contributed by atoms with van der Waals surface area (Å²) in [6.45, 7) is 0.786. The van der Waals surface area contributed by atoms with Crippen molar-refractivity contribution >= 4 is 17.9 Å². The van der Waals surface area contributed by atoms with Gasteiger partial charge in [0.05, 0.1) is 12.9 Å². The molecule has 2 aliphatic rings. The molecule has 0 radical (unpaired) electrons. The predicted octanol–water partition coefficient (Wildman–Crippen LogP) is 3.39. The van der Waals surface area contributed by atoms with Gasteiger partial charge in [0.25, 0.3) is 0 Å². The molecule has 7 heteroatoms. The van der Waals surface area contributed by atoms with Gasteiger partial charge in [-0.05, 0) is 12.1 Å². The van der Waals surface area contributed by atoms with E-state index < -0.39 is 23.3 Å². The second-order valence-corrected chi connectivity index (χ2v) is 6.22. The molecule has 124 valence electrons. The fourth-order valence-corrected chi connectivity index (χ4v) is 3.34. The second kappa shape index (κ2) is 5.81. The van der Waals surface area contributed by atoms with Crippen molar-refractivity contribution in [3.63, 3.8) is 0 Å². The number of nitrogens with zero attached hydrogens (tertiary/aromatic N) is 2. The van der Waals surface area contributed by atoms with Crippen molar-refractivity contribution in [3.05, 3.63) is 70.2 Å². The molecule has 1 N–H and O–H groups in total. The summed E-state index contributed by atoms with van der Waals surface area (Å²) in [6.07, 6.45) is 1.16. The van der Waals surface area contributed by atoms with E-state index in [1.165, 1.54) is 12.1 Å². The number of nitrogens with one attached hydrogen (secondary N) is 1. The summed E-state index contributed by atoms with van der Waals surface area (Å²) in [7, 11) is 0. The van der Waals surface area contributed by atoms with Crippen LogP contribution in [0.1, 0.15) is 17.2 Å². The first-order chi connectivity index (χ1) is 11.6. The van der Waals surface area contributed by atoms with E-state index in [9.17, 15) is 8.78 Å². The molecule has 2 aromatic carbocycles. The quantitative estimate of drug-likeness (QED) is 0.860. The molecule has 2 aliphatic heterocycles. The van der Waals surface area contributed by atoms with Crippen molar-refractivity contribution in [2.75, 3.05) is 13.2 Å². The molecule has 1 saturated heterocycles. The maximum absolute atomic E-state index is 14.4. The van der Waals surface area contributed by atoms with Crippen LogP contribution in [0.25, 0.3) is 0 Å². The lowest BCUT2D eigenvalue weighted by Crippen LogP contribution is -2.39. The van der Waals surface area contributed by atoms with E-state index in [1.54, 1.807) is 17.4 Å². The summed E-state index contributed by atoms with van der Waals surface area (Å²) in [5.74, 6) is -1.26. The lowest BCUT2D eigenvalue weighted by atomic mass is 9.91. The zero-order chi connectivity index (χ0) is 16.7. The lowest BCUT2D eigenvalue weighted by Gasteiger charge is -2.21. The van der Waals surface area contributed by atoms with Crippen molar-refractivity contribution in [1.29, 1.82) is 0 Å². The van der Waals surface area contributed by atoms with Gasteiger partial charge in [-0.2, -0.15) is 5.01 Å². The van der Waals surface area contributed by atoms with E-state index in [0.717, 1.165) is 11.6 Å². The fraction of sp³-hybridized carbons (Fsp3) is 0.235. The van der Waals surface area contributed by atoms with Gasteiger partial charge in [-0.3, -0.25) is 4.99 Å². The van der Waals surface area contributed by atoms with Crippen molar-refractivity contribution in [3.8, 4) is 0 Å². The standard InChI is InChI=1S/C17H14ClF2N3O/c18-14-4-2-1-3-12(14)16-17(24-16,8-23-10-21-9-22-23)13-6-5-11(19)7-15(13)20/h1-7,9,16H,8,10H2,(H,21,22)/t16-,17+/m0/s1. The molecule has 0 bridgehead atoms. The Morgan fingerprint density at radius 2 is 2.12 bits per heavy atom. The van der Waals surface area contributed by atoms with Crippen LogP contribution in [0.3, 0.4) is 0 Å². The lowest BCUT2D eigenvalue weighted by molar-refractivity contribution is 0.175. The topological polar surface area (TPSA) is 40.2 Å². The molecule has 2 atom stereocenters. The summed E-state index contributed by atoms with van der Waals surface area (Å²) in [5.41, 5.74) is 3.12. The number of halogens is 3. The zero-order valence-electron chi connectivity index (χ0n) is 12.5. The summed E-state index contributed by atoms with van der Waals surface area (Å²) >= 11 is 6.27. The highest BCUT2D eigenvalue weighted by Crippen LogP contribution is 2.59. The minimum absolute atomic E-state index is 0.308. The minimum Gasteiger partial charge on any atom is -0.354 e. The van der Waals surface area contributed by atoms with Gasteiger partial charge >= 0.3 is 0 Å². The van der Waals surface area contributed by atoms with E-state index in [2.05, 4.69) is 10.4 Å². The number of hydrogen-bond acceptors (Lipinski definition) is 4. The fourth-order valence-electron chi connectivity index (χ4n) is 3.10. The molecule has 0 amide bonds. The van der Waals surface area contributed by atoms with Gasteiger partial charge < -0.3 is 10.2 Å². The van der Waals surface area contributed by atoms with Gasteiger partial charge in [-0.1, -0.05) is 35.9 Å². The number of hydrazine groups is 1. The Morgan fingerprint density at radius 3 is 2.83 bits per heavy atom. The van der Waals surface area contributed by atoms with Crippen LogP contribution < -0.4 is 5.43 Å². The van der Waals surface area contributed by atoms with Crippen molar-refractivity contribution < 1.29 is 13.5 Å². The summed E-state index contributed by atoms with van der Waals surface area (Å²) < 4.78 is 33.7. The van der Waals surface area contributed by atoms with Crippen LogP contribution in [0.4, 0.5) is 8.78 Å². The summed E-state index contributed by atoms with van der Waals surface area (Å²) in [5, 5.41) is 2.36. The number of epoxide rings is 1. The van der Waals surface area contributed by atoms with Gasteiger partial charge in [-0.15, -0.1) is 0 Å². The molecule has 0 spiro atoms. The average molecular weight is 350 g/mol. The highest BCUT2D eigenvalue weighted by Gasteiger charge is 2.61. The van der Waals surface area contributed by atoms with Crippen LogP contribution >= 0.6 is 11.6 Å². The Kier molecular flexibility index (Phi) is 3.75. The van der Waals surface area contributed by atoms with Crippen molar-refractivity contribution in [2.24, 2.45) is 4.99 Å². The number of aliphatic imine (C=N–C) groups is 1. The highest BCUT2D eigenvalue weighted by atomic mass is 35.5. The Morgan fingerprint density at radius 1 is 1.29 bits per heavy atom. The zero-order valence-corrected chi connectivity index (χ0v) is 13.3. The number of hydrogen-bond donors (Lipinski definition) is 1. The largest absolute Gasteiger partial charge is 0.354 e. The molecule has 1 fully saturated rings. The molecule has 24 heavy (non-hydrogen) atoms. The Balaban J connectivity index is 1.73. The van der Waals surface area contributed by atoms with Crippen molar-refractivity contribution in [1.82, 2.24) is 10.4 Å². The smallest absolute Gasteiger partial charge is 0.142 e. The molecule has 4 nitrogen and oxygen atoms in total. The van der Waals surface area contributed by atoms with Gasteiger partial charge in [-0.25, -0.2) is 8.78 Å². The second-order valence-electron chi connectivity index (χ2n) is 5.81. The van der Waals surface area contributed by atoms with Gasteiger partial charge in [0.15, 0.2) is 0 Å². The molecule has 0 aliphatic carbocycles. The van der Waals surface area contributed by atoms with Crippen LogP contribution in [0.2, 0.25) is 5.02 Å². The molecule has 0 aromatic heterocycles.